The van der Waals surface area contributed by atoms with Crippen LogP contribution in [0.1, 0.15) is 18.9 Å². The van der Waals surface area contributed by atoms with Gasteiger partial charge in [-0.2, -0.15) is 0 Å². The van der Waals surface area contributed by atoms with E-state index in [-0.39, 0.29) is 11.2 Å². The summed E-state index contributed by atoms with van der Waals surface area (Å²) in [4.78, 5) is 12.5. The Labute approximate surface area is 163 Å². The van der Waals surface area contributed by atoms with Gasteiger partial charge in [0.1, 0.15) is 0 Å². The molecule has 1 aliphatic rings. The van der Waals surface area contributed by atoms with Crippen molar-refractivity contribution in [3.05, 3.63) is 58.5 Å². The lowest BCUT2D eigenvalue weighted by molar-refractivity contribution is 0.176. The molecule has 5 nitrogen and oxygen atoms in total. The fourth-order valence-corrected chi connectivity index (χ4v) is 3.70. The van der Waals surface area contributed by atoms with Gasteiger partial charge in [0.05, 0.1) is 18.9 Å². The summed E-state index contributed by atoms with van der Waals surface area (Å²) in [6.45, 7) is 2.14. The molecule has 0 spiro atoms. The molecule has 1 unspecified atom stereocenters. The molecular formula is C19H23N3O2S2. The number of hydrogen-bond donors (Lipinski definition) is 3. The van der Waals surface area contributed by atoms with Gasteiger partial charge < -0.3 is 15.5 Å². The van der Waals surface area contributed by atoms with E-state index in [1.807, 2.05) is 24.3 Å². The van der Waals surface area contributed by atoms with Gasteiger partial charge in [-0.3, -0.25) is 5.32 Å². The first-order chi connectivity index (χ1) is 12.5. The maximum Gasteiger partial charge on any atom is 0.413 e. The summed E-state index contributed by atoms with van der Waals surface area (Å²) in [6, 6.07) is 9.75. The zero-order chi connectivity index (χ0) is 18.9. The highest BCUT2D eigenvalue weighted by Gasteiger charge is 2.26. The van der Waals surface area contributed by atoms with Crippen molar-refractivity contribution in [2.24, 2.45) is 0 Å². The third kappa shape index (κ3) is 5.71. The first kappa shape index (κ1) is 20.2. The van der Waals surface area contributed by atoms with Crippen molar-refractivity contribution in [1.29, 1.82) is 5.41 Å². The fourth-order valence-electron chi connectivity index (χ4n) is 2.53. The molecule has 3 N–H and O–H groups in total. The summed E-state index contributed by atoms with van der Waals surface area (Å²) in [5.74, 6) is 1.00. The number of carbonyl (C=O) groups excluding carboxylic acids is 1. The van der Waals surface area contributed by atoms with Crippen LogP contribution in [0.2, 0.25) is 0 Å². The van der Waals surface area contributed by atoms with Gasteiger partial charge in [-0.15, -0.1) is 11.8 Å². The monoisotopic (exact) mass is 389 g/mol. The topological polar surface area (TPSA) is 74.2 Å². The number of carbonyl (C=O) groups is 1. The van der Waals surface area contributed by atoms with Crippen LogP contribution in [0.4, 0.5) is 4.79 Å². The van der Waals surface area contributed by atoms with E-state index in [2.05, 4.69) is 34.4 Å². The Balaban J connectivity index is 2.27. The Hall–Kier alpha value is -2.12. The van der Waals surface area contributed by atoms with Crippen molar-refractivity contribution < 1.29 is 9.53 Å². The van der Waals surface area contributed by atoms with Crippen LogP contribution in [-0.4, -0.2) is 35.8 Å². The summed E-state index contributed by atoms with van der Waals surface area (Å²) >= 11 is 6.98. The second-order valence-electron chi connectivity index (χ2n) is 5.71. The maximum absolute atomic E-state index is 11.4. The second-order valence-corrected chi connectivity index (χ2v) is 7.26. The molecule has 1 amide bonds. The minimum absolute atomic E-state index is 0.146. The van der Waals surface area contributed by atoms with Crippen LogP contribution in [0, 0.1) is 5.41 Å². The molecule has 0 saturated heterocycles. The second kappa shape index (κ2) is 10.1. The summed E-state index contributed by atoms with van der Waals surface area (Å²) in [6.07, 6.45) is 4.92. The number of allylic oxidation sites excluding steroid dienone is 1. The predicted molar refractivity (Wildman–Crippen MR) is 112 cm³/mol. The molecule has 0 aliphatic heterocycles. The minimum Gasteiger partial charge on any atom is -0.453 e. The van der Waals surface area contributed by atoms with Crippen LogP contribution in [0.5, 0.6) is 0 Å². The van der Waals surface area contributed by atoms with Crippen molar-refractivity contribution in [3.63, 3.8) is 0 Å². The standard InChI is InChI=1S/C19H23N3O2S2/c1-3-11-26-16-10-9-15(20)17(21-18(25)22-19(23)24-2)14(16)12-13-7-5-4-6-8-13/h4-10,17,20H,3,11-12H2,1-2H3,(H2,21,22,23,25). The minimum atomic E-state index is -0.630. The Morgan fingerprint density at radius 1 is 1.31 bits per heavy atom. The molecule has 0 radical (unpaired) electrons. The number of hydrogen-bond acceptors (Lipinski definition) is 5. The van der Waals surface area contributed by atoms with Crippen LogP contribution in [-0.2, 0) is 11.2 Å². The van der Waals surface area contributed by atoms with Gasteiger partial charge in [-0.05, 0) is 54.1 Å². The van der Waals surface area contributed by atoms with Gasteiger partial charge in [0.25, 0.3) is 0 Å². The zero-order valence-electron chi connectivity index (χ0n) is 14.9. The van der Waals surface area contributed by atoms with E-state index in [0.717, 1.165) is 22.7 Å². The van der Waals surface area contributed by atoms with Crippen molar-refractivity contribution in [3.8, 4) is 0 Å². The van der Waals surface area contributed by atoms with Gasteiger partial charge in [0.2, 0.25) is 0 Å². The number of nitrogens with one attached hydrogen (secondary N) is 3. The first-order valence-corrected chi connectivity index (χ1v) is 9.76. The number of thioether (sulfide) groups is 1. The van der Waals surface area contributed by atoms with E-state index in [4.69, 9.17) is 17.6 Å². The smallest absolute Gasteiger partial charge is 0.413 e. The number of methoxy groups -OCH3 is 1. The van der Waals surface area contributed by atoms with E-state index in [9.17, 15) is 4.79 Å². The lowest BCUT2D eigenvalue weighted by Crippen LogP contribution is -2.49. The van der Waals surface area contributed by atoms with Crippen molar-refractivity contribution >= 4 is 40.9 Å². The van der Waals surface area contributed by atoms with Gasteiger partial charge in [-0.1, -0.05) is 37.3 Å². The molecule has 2 rings (SSSR count). The van der Waals surface area contributed by atoms with Crippen molar-refractivity contribution in [2.75, 3.05) is 12.9 Å². The molecule has 1 aromatic rings. The normalized spacial score (nSPS) is 16.4. The molecule has 1 atom stereocenters. The largest absolute Gasteiger partial charge is 0.453 e. The van der Waals surface area contributed by atoms with Crippen LogP contribution < -0.4 is 10.6 Å². The zero-order valence-corrected chi connectivity index (χ0v) is 16.5. The van der Waals surface area contributed by atoms with E-state index in [0.29, 0.717) is 12.1 Å². The molecule has 1 aliphatic carbocycles. The SMILES string of the molecule is CCCSC1=C(Cc2ccccc2)C(NC(=S)NC(=O)OC)C(=N)C=C1. The lowest BCUT2D eigenvalue weighted by Gasteiger charge is -2.28. The Morgan fingerprint density at radius 3 is 2.69 bits per heavy atom. The third-order valence-electron chi connectivity index (χ3n) is 3.77. The van der Waals surface area contributed by atoms with Crippen LogP contribution >= 0.6 is 24.0 Å². The molecule has 26 heavy (non-hydrogen) atoms. The summed E-state index contributed by atoms with van der Waals surface area (Å²) in [5, 5.41) is 14.0. The van der Waals surface area contributed by atoms with Crippen molar-refractivity contribution in [1.82, 2.24) is 10.6 Å². The summed E-state index contributed by atoms with van der Waals surface area (Å²) < 4.78 is 4.57. The average molecular weight is 390 g/mol. The molecule has 138 valence electrons. The number of alkyl carbamates (subject to hydrolysis) is 1. The highest BCUT2D eigenvalue weighted by atomic mass is 32.2. The molecule has 0 fully saturated rings. The van der Waals surface area contributed by atoms with Crippen molar-refractivity contribution in [2.45, 2.75) is 25.8 Å². The molecular weight excluding hydrogens is 366 g/mol. The van der Waals surface area contributed by atoms with Gasteiger partial charge in [0, 0.05) is 4.91 Å². The average Bonchev–Trinajstić information content (AvgIpc) is 2.64. The molecule has 0 bridgehead atoms. The van der Waals surface area contributed by atoms with Gasteiger partial charge in [-0.25, -0.2) is 4.79 Å². The Bertz CT molecular complexity index is 730. The molecule has 7 heteroatoms. The number of rotatable bonds is 6. The van der Waals surface area contributed by atoms with Crippen LogP contribution in [0.3, 0.4) is 0 Å². The highest BCUT2D eigenvalue weighted by Crippen LogP contribution is 2.30. The molecule has 0 aromatic heterocycles. The Morgan fingerprint density at radius 2 is 2.04 bits per heavy atom. The van der Waals surface area contributed by atoms with E-state index in [1.54, 1.807) is 17.8 Å². The molecule has 1 aromatic carbocycles. The van der Waals surface area contributed by atoms with Gasteiger partial charge >= 0.3 is 6.09 Å². The fraction of sp³-hybridized carbons (Fsp3) is 0.316. The highest BCUT2D eigenvalue weighted by molar-refractivity contribution is 8.03. The van der Waals surface area contributed by atoms with E-state index in [1.165, 1.54) is 12.7 Å². The molecule has 0 saturated carbocycles. The predicted octanol–water partition coefficient (Wildman–Crippen LogP) is 3.82. The number of thiocarbonyl (C=S) groups is 1. The van der Waals surface area contributed by atoms with E-state index >= 15 is 0 Å². The van der Waals surface area contributed by atoms with Gasteiger partial charge in [0.15, 0.2) is 5.11 Å². The number of benzene rings is 1. The number of amides is 1. The lowest BCUT2D eigenvalue weighted by atomic mass is 9.91. The Kier molecular flexibility index (Phi) is 7.87. The number of ether oxygens (including phenoxy) is 1. The van der Waals surface area contributed by atoms with Crippen LogP contribution in [0.25, 0.3) is 0 Å². The molecule has 0 heterocycles. The summed E-state index contributed by atoms with van der Waals surface area (Å²) in [5.41, 5.74) is 2.65. The first-order valence-electron chi connectivity index (χ1n) is 8.37. The third-order valence-corrected chi connectivity index (χ3v) is 5.31. The van der Waals surface area contributed by atoms with Crippen LogP contribution in [0.15, 0.2) is 53.0 Å². The maximum atomic E-state index is 11.4. The summed E-state index contributed by atoms with van der Waals surface area (Å²) in [7, 11) is 1.28. The van der Waals surface area contributed by atoms with E-state index < -0.39 is 6.09 Å². The quantitative estimate of drug-likeness (QED) is 0.645.